The average molecular weight is 397 g/mol. The molecule has 0 fully saturated rings. The standard InChI is InChI=1S/C23H19N5O2/c1-16-11-13-28(22-5-3-2-4-21(16)22)23(29)27-26-17-6-8-19(9-7-17)30-20-10-12-25-18(14-20)15-24/h2-14,16,26H,1H3,(H,27,29). The molecule has 0 saturated carbocycles. The maximum atomic E-state index is 12.7. The van der Waals surface area contributed by atoms with Gasteiger partial charge in [-0.3, -0.25) is 15.8 Å². The van der Waals surface area contributed by atoms with E-state index in [4.69, 9.17) is 10.00 Å². The quantitative estimate of drug-likeness (QED) is 0.610. The summed E-state index contributed by atoms with van der Waals surface area (Å²) in [6.45, 7) is 2.10. The predicted molar refractivity (Wildman–Crippen MR) is 114 cm³/mol. The number of nitriles is 1. The minimum absolute atomic E-state index is 0.260. The molecule has 1 aliphatic rings. The number of urea groups is 1. The molecule has 30 heavy (non-hydrogen) atoms. The fourth-order valence-electron chi connectivity index (χ4n) is 3.13. The number of hydrazine groups is 1. The van der Waals surface area contributed by atoms with Gasteiger partial charge in [0.05, 0.1) is 11.4 Å². The monoisotopic (exact) mass is 397 g/mol. The molecule has 0 saturated heterocycles. The van der Waals surface area contributed by atoms with Crippen LogP contribution in [-0.4, -0.2) is 11.0 Å². The smallest absolute Gasteiger partial charge is 0.344 e. The van der Waals surface area contributed by atoms with Crippen molar-refractivity contribution < 1.29 is 9.53 Å². The van der Waals surface area contributed by atoms with Gasteiger partial charge in [-0.25, -0.2) is 9.78 Å². The Balaban J connectivity index is 1.38. The van der Waals surface area contributed by atoms with Crippen LogP contribution in [0.25, 0.3) is 0 Å². The number of fused-ring (bicyclic) bond motifs is 1. The van der Waals surface area contributed by atoms with Crippen LogP contribution in [0.5, 0.6) is 11.5 Å². The Labute approximate surface area is 174 Å². The largest absolute Gasteiger partial charge is 0.457 e. The maximum Gasteiger partial charge on any atom is 0.344 e. The van der Waals surface area contributed by atoms with Crippen LogP contribution in [0.4, 0.5) is 16.2 Å². The van der Waals surface area contributed by atoms with Crippen molar-refractivity contribution >= 4 is 17.4 Å². The van der Waals surface area contributed by atoms with Gasteiger partial charge in [0.15, 0.2) is 0 Å². The second kappa shape index (κ2) is 8.37. The first-order valence-electron chi connectivity index (χ1n) is 9.40. The topological polar surface area (TPSA) is 90.3 Å². The first kappa shape index (κ1) is 19.0. The van der Waals surface area contributed by atoms with Gasteiger partial charge in [-0.15, -0.1) is 0 Å². The van der Waals surface area contributed by atoms with Crippen LogP contribution in [-0.2, 0) is 0 Å². The molecular weight excluding hydrogens is 378 g/mol. The summed E-state index contributed by atoms with van der Waals surface area (Å²) in [5.41, 5.74) is 8.58. The molecule has 2 aromatic carbocycles. The minimum atomic E-state index is -0.285. The molecular formula is C23H19N5O2. The number of ether oxygens (including phenoxy) is 1. The summed E-state index contributed by atoms with van der Waals surface area (Å²) < 4.78 is 5.72. The lowest BCUT2D eigenvalue weighted by Crippen LogP contribution is -2.41. The molecule has 1 aromatic heterocycles. The minimum Gasteiger partial charge on any atom is -0.457 e. The number of aromatic nitrogens is 1. The maximum absolute atomic E-state index is 12.7. The third-order valence-corrected chi connectivity index (χ3v) is 4.68. The van der Waals surface area contributed by atoms with E-state index in [1.54, 1.807) is 47.5 Å². The van der Waals surface area contributed by atoms with Crippen molar-refractivity contribution in [3.63, 3.8) is 0 Å². The molecule has 0 radical (unpaired) electrons. The van der Waals surface area contributed by atoms with Gasteiger partial charge in [0, 0.05) is 24.4 Å². The van der Waals surface area contributed by atoms with Gasteiger partial charge in [-0.1, -0.05) is 31.2 Å². The molecule has 2 amide bonds. The molecule has 7 heteroatoms. The number of benzene rings is 2. The summed E-state index contributed by atoms with van der Waals surface area (Å²) in [7, 11) is 0. The lowest BCUT2D eigenvalue weighted by molar-refractivity contribution is 0.250. The molecule has 3 aromatic rings. The first-order chi connectivity index (χ1) is 14.6. The zero-order valence-corrected chi connectivity index (χ0v) is 16.2. The number of carbonyl (C=O) groups is 1. The van der Waals surface area contributed by atoms with Gasteiger partial charge in [-0.05, 0) is 42.0 Å². The highest BCUT2D eigenvalue weighted by atomic mass is 16.5. The molecule has 0 aliphatic carbocycles. The van der Waals surface area contributed by atoms with E-state index in [0.29, 0.717) is 17.2 Å². The van der Waals surface area contributed by atoms with E-state index in [1.165, 1.54) is 6.20 Å². The van der Waals surface area contributed by atoms with Crippen molar-refractivity contribution in [3.8, 4) is 17.6 Å². The number of hydrogen-bond donors (Lipinski definition) is 2. The van der Waals surface area contributed by atoms with Gasteiger partial charge >= 0.3 is 6.03 Å². The average Bonchev–Trinajstić information content (AvgIpc) is 2.79. The molecule has 4 rings (SSSR count). The Morgan fingerprint density at radius 3 is 2.73 bits per heavy atom. The van der Waals surface area contributed by atoms with Crippen molar-refractivity contribution in [2.75, 3.05) is 10.3 Å². The first-order valence-corrected chi connectivity index (χ1v) is 9.40. The highest BCUT2D eigenvalue weighted by molar-refractivity contribution is 5.96. The molecule has 1 unspecified atom stereocenters. The van der Waals surface area contributed by atoms with Gasteiger partial charge < -0.3 is 4.74 Å². The number of anilines is 2. The Kier molecular flexibility index (Phi) is 5.31. The Hall–Kier alpha value is -4.31. The second-order valence-electron chi connectivity index (χ2n) is 6.73. The van der Waals surface area contributed by atoms with Crippen molar-refractivity contribution in [3.05, 3.63) is 90.4 Å². The Morgan fingerprint density at radius 1 is 1.13 bits per heavy atom. The van der Waals surface area contributed by atoms with Crippen LogP contribution in [0.3, 0.4) is 0 Å². The predicted octanol–water partition coefficient (Wildman–Crippen LogP) is 4.92. The summed E-state index contributed by atoms with van der Waals surface area (Å²) in [5, 5.41) is 8.91. The van der Waals surface area contributed by atoms with Crippen LogP contribution in [0, 0.1) is 11.3 Å². The van der Waals surface area contributed by atoms with Crippen molar-refractivity contribution in [2.24, 2.45) is 0 Å². The zero-order valence-electron chi connectivity index (χ0n) is 16.2. The third-order valence-electron chi connectivity index (χ3n) is 4.68. The van der Waals surface area contributed by atoms with E-state index in [1.807, 2.05) is 36.4 Å². The van der Waals surface area contributed by atoms with Crippen molar-refractivity contribution in [1.29, 1.82) is 5.26 Å². The number of rotatable bonds is 4. The fraction of sp³-hybridized carbons (Fsp3) is 0.0870. The SMILES string of the molecule is CC1C=CN(C(=O)NNc2ccc(Oc3ccnc(C#N)c3)cc2)c2ccccc21. The van der Waals surface area contributed by atoms with Gasteiger partial charge in [0.2, 0.25) is 0 Å². The molecule has 0 spiro atoms. The van der Waals surface area contributed by atoms with Crippen LogP contribution in [0.15, 0.2) is 79.1 Å². The summed E-state index contributed by atoms with van der Waals surface area (Å²) in [5.74, 6) is 1.39. The van der Waals surface area contributed by atoms with Gasteiger partial charge in [0.1, 0.15) is 23.3 Å². The lowest BCUT2D eigenvalue weighted by atomic mass is 9.96. The molecule has 1 atom stereocenters. The number of para-hydroxylation sites is 1. The van der Waals surface area contributed by atoms with Crippen LogP contribution >= 0.6 is 0 Å². The lowest BCUT2D eigenvalue weighted by Gasteiger charge is -2.27. The highest BCUT2D eigenvalue weighted by Crippen LogP contribution is 2.32. The summed E-state index contributed by atoms with van der Waals surface area (Å²) >= 11 is 0. The van der Waals surface area contributed by atoms with Gasteiger partial charge in [0.25, 0.3) is 0 Å². The Bertz CT molecular complexity index is 1130. The van der Waals surface area contributed by atoms with Crippen molar-refractivity contribution in [2.45, 2.75) is 12.8 Å². The molecule has 0 bridgehead atoms. The molecule has 1 aliphatic heterocycles. The number of nitrogens with zero attached hydrogens (tertiary/aromatic N) is 3. The summed E-state index contributed by atoms with van der Waals surface area (Å²) in [6.07, 6.45) is 5.29. The number of pyridine rings is 1. The summed E-state index contributed by atoms with van der Waals surface area (Å²) in [6, 6.07) is 19.9. The third kappa shape index (κ3) is 4.08. The molecule has 2 N–H and O–H groups in total. The molecule has 148 valence electrons. The van der Waals surface area contributed by atoms with E-state index < -0.39 is 0 Å². The van der Waals surface area contributed by atoms with E-state index in [9.17, 15) is 4.79 Å². The molecule has 2 heterocycles. The summed E-state index contributed by atoms with van der Waals surface area (Å²) in [4.78, 5) is 18.1. The van der Waals surface area contributed by atoms with Crippen LogP contribution in [0.1, 0.15) is 24.1 Å². The van der Waals surface area contributed by atoms with E-state index in [0.717, 1.165) is 11.3 Å². The number of amides is 2. The van der Waals surface area contributed by atoms with Crippen LogP contribution < -0.4 is 20.5 Å². The number of hydrogen-bond acceptors (Lipinski definition) is 5. The van der Waals surface area contributed by atoms with E-state index in [-0.39, 0.29) is 17.6 Å². The van der Waals surface area contributed by atoms with E-state index >= 15 is 0 Å². The fourth-order valence-corrected chi connectivity index (χ4v) is 3.13. The zero-order chi connectivity index (χ0) is 20.9. The Morgan fingerprint density at radius 2 is 1.93 bits per heavy atom. The highest BCUT2D eigenvalue weighted by Gasteiger charge is 2.22. The number of carbonyl (C=O) groups excluding carboxylic acids is 1. The number of nitrogens with one attached hydrogen (secondary N) is 2. The normalized spacial score (nSPS) is 14.4. The van der Waals surface area contributed by atoms with E-state index in [2.05, 4.69) is 22.8 Å². The van der Waals surface area contributed by atoms with Crippen molar-refractivity contribution in [1.82, 2.24) is 10.4 Å². The van der Waals surface area contributed by atoms with Crippen LogP contribution in [0.2, 0.25) is 0 Å². The second-order valence-corrected chi connectivity index (χ2v) is 6.73. The number of allylic oxidation sites excluding steroid dienone is 1. The van der Waals surface area contributed by atoms with Gasteiger partial charge in [-0.2, -0.15) is 5.26 Å². The molecule has 7 nitrogen and oxygen atoms in total.